The van der Waals surface area contributed by atoms with Crippen LogP contribution in [0.5, 0.6) is 0 Å². The number of amides is 1. The SMILES string of the molecule is O=C(Nc1ccccc1C(=O)Cc1n[nH]c2c1CN(S(=O)(=O)c1cc(F)cc(F)c1)CC2)c1cnc[nH]1. The first-order chi connectivity index (χ1) is 17.7. The Hall–Kier alpha value is -4.23. The molecule has 1 aliphatic rings. The van der Waals surface area contributed by atoms with Crippen molar-refractivity contribution in [2.45, 2.75) is 24.3 Å². The normalized spacial score (nSPS) is 13.8. The molecule has 0 radical (unpaired) electrons. The molecule has 37 heavy (non-hydrogen) atoms. The van der Waals surface area contributed by atoms with Crippen molar-refractivity contribution in [3.63, 3.8) is 0 Å². The van der Waals surface area contributed by atoms with Gasteiger partial charge in [-0.05, 0) is 24.3 Å². The van der Waals surface area contributed by atoms with E-state index in [1.54, 1.807) is 24.3 Å². The molecule has 0 atom stereocenters. The number of fused-ring (bicyclic) bond motifs is 1. The summed E-state index contributed by atoms with van der Waals surface area (Å²) in [5.74, 6) is -2.81. The van der Waals surface area contributed by atoms with Crippen LogP contribution in [-0.2, 0) is 29.4 Å². The fourth-order valence-electron chi connectivity index (χ4n) is 4.16. The highest BCUT2D eigenvalue weighted by Gasteiger charge is 2.32. The molecule has 2 aromatic carbocycles. The van der Waals surface area contributed by atoms with Crippen molar-refractivity contribution in [2.24, 2.45) is 0 Å². The van der Waals surface area contributed by atoms with Gasteiger partial charge in [0.25, 0.3) is 5.91 Å². The number of hydrogen-bond donors (Lipinski definition) is 3. The lowest BCUT2D eigenvalue weighted by Crippen LogP contribution is -2.36. The number of anilines is 1. The van der Waals surface area contributed by atoms with Gasteiger partial charge in [0.1, 0.15) is 17.3 Å². The minimum Gasteiger partial charge on any atom is -0.341 e. The van der Waals surface area contributed by atoms with Crippen molar-refractivity contribution in [3.8, 4) is 0 Å². The number of benzene rings is 2. The van der Waals surface area contributed by atoms with Gasteiger partial charge in [-0.1, -0.05) is 12.1 Å². The summed E-state index contributed by atoms with van der Waals surface area (Å²) in [6, 6.07) is 8.62. The average molecular weight is 527 g/mol. The third-order valence-electron chi connectivity index (χ3n) is 6.00. The molecule has 0 aliphatic carbocycles. The molecule has 13 heteroatoms. The van der Waals surface area contributed by atoms with Crippen LogP contribution >= 0.6 is 0 Å². The lowest BCUT2D eigenvalue weighted by atomic mass is 10.00. The number of H-pyrrole nitrogens is 2. The quantitative estimate of drug-likeness (QED) is 0.316. The van der Waals surface area contributed by atoms with Crippen molar-refractivity contribution in [3.05, 3.63) is 94.8 Å². The van der Waals surface area contributed by atoms with Crippen LogP contribution in [0.2, 0.25) is 0 Å². The van der Waals surface area contributed by atoms with Crippen molar-refractivity contribution in [1.29, 1.82) is 0 Å². The van der Waals surface area contributed by atoms with Gasteiger partial charge in [0.15, 0.2) is 5.78 Å². The first-order valence-corrected chi connectivity index (χ1v) is 12.6. The Labute approximate surface area is 209 Å². The molecule has 0 saturated carbocycles. The van der Waals surface area contributed by atoms with E-state index in [0.29, 0.717) is 28.7 Å². The summed E-state index contributed by atoms with van der Waals surface area (Å²) in [7, 11) is -4.20. The lowest BCUT2D eigenvalue weighted by molar-refractivity contribution is 0.0992. The van der Waals surface area contributed by atoms with E-state index in [0.717, 1.165) is 16.4 Å². The summed E-state index contributed by atoms with van der Waals surface area (Å²) < 4.78 is 54.6. The first kappa shape index (κ1) is 24.5. The van der Waals surface area contributed by atoms with Gasteiger partial charge < -0.3 is 10.3 Å². The number of Topliss-reactive ketones (excluding diaryl/α,β-unsaturated/α-hetero) is 1. The van der Waals surface area contributed by atoms with Crippen molar-refractivity contribution in [1.82, 2.24) is 24.5 Å². The number of sulfonamides is 1. The van der Waals surface area contributed by atoms with Crippen molar-refractivity contribution >= 4 is 27.4 Å². The zero-order chi connectivity index (χ0) is 26.2. The smallest absolute Gasteiger partial charge is 0.273 e. The monoisotopic (exact) mass is 526 g/mol. The van der Waals surface area contributed by atoms with Gasteiger partial charge in [-0.15, -0.1) is 0 Å². The number of ketones is 1. The molecule has 1 amide bonds. The second kappa shape index (κ2) is 9.67. The molecule has 0 bridgehead atoms. The minimum absolute atomic E-state index is 0.0749. The molecule has 3 N–H and O–H groups in total. The van der Waals surface area contributed by atoms with Gasteiger partial charge in [-0.3, -0.25) is 14.7 Å². The van der Waals surface area contributed by atoms with E-state index in [4.69, 9.17) is 0 Å². The van der Waals surface area contributed by atoms with Crippen LogP contribution in [0.3, 0.4) is 0 Å². The fourth-order valence-corrected chi connectivity index (χ4v) is 5.61. The molecule has 5 rings (SSSR count). The van der Waals surface area contributed by atoms with E-state index in [1.807, 2.05) is 0 Å². The summed E-state index contributed by atoms with van der Waals surface area (Å²) in [5.41, 5.74) is 2.33. The van der Waals surface area contributed by atoms with Crippen LogP contribution < -0.4 is 5.32 Å². The molecular weight excluding hydrogens is 506 g/mol. The van der Waals surface area contributed by atoms with E-state index >= 15 is 0 Å². The number of halogens is 2. The summed E-state index contributed by atoms with van der Waals surface area (Å²) in [5, 5.41) is 9.76. The predicted octanol–water partition coefficient (Wildman–Crippen LogP) is 2.84. The number of hydrogen-bond acceptors (Lipinski definition) is 6. The highest BCUT2D eigenvalue weighted by molar-refractivity contribution is 7.89. The van der Waals surface area contributed by atoms with Gasteiger partial charge in [0.2, 0.25) is 10.0 Å². The van der Waals surface area contributed by atoms with Gasteiger partial charge in [0, 0.05) is 42.4 Å². The van der Waals surface area contributed by atoms with Gasteiger partial charge in [0.05, 0.1) is 35.2 Å². The number of para-hydroxylation sites is 1. The van der Waals surface area contributed by atoms with Crippen molar-refractivity contribution in [2.75, 3.05) is 11.9 Å². The number of nitrogens with zero attached hydrogens (tertiary/aromatic N) is 3. The van der Waals surface area contributed by atoms with E-state index in [-0.39, 0.29) is 43.0 Å². The molecule has 0 spiro atoms. The van der Waals surface area contributed by atoms with Crippen LogP contribution in [0.1, 0.15) is 37.8 Å². The Morgan fingerprint density at radius 1 is 1.11 bits per heavy atom. The number of aromatic nitrogens is 4. The van der Waals surface area contributed by atoms with E-state index in [2.05, 4.69) is 25.5 Å². The van der Waals surface area contributed by atoms with Crippen LogP contribution in [0.4, 0.5) is 14.5 Å². The highest BCUT2D eigenvalue weighted by Crippen LogP contribution is 2.28. The molecule has 1 aliphatic heterocycles. The highest BCUT2D eigenvalue weighted by atomic mass is 32.2. The van der Waals surface area contributed by atoms with E-state index in [9.17, 15) is 26.8 Å². The summed E-state index contributed by atoms with van der Waals surface area (Å²) in [4.78, 5) is 31.7. The maximum absolute atomic E-state index is 13.7. The fraction of sp³-hybridized carbons (Fsp3) is 0.167. The molecule has 10 nitrogen and oxygen atoms in total. The molecule has 0 saturated heterocycles. The second-order valence-electron chi connectivity index (χ2n) is 8.39. The Kier molecular flexibility index (Phi) is 6.39. The number of rotatable bonds is 7. The molecule has 0 fully saturated rings. The van der Waals surface area contributed by atoms with Crippen LogP contribution in [0.15, 0.2) is 59.9 Å². The zero-order valence-electron chi connectivity index (χ0n) is 19.2. The van der Waals surface area contributed by atoms with Crippen molar-refractivity contribution < 1.29 is 26.8 Å². The Balaban J connectivity index is 1.37. The molecule has 4 aromatic rings. The van der Waals surface area contributed by atoms with Gasteiger partial charge in [-0.25, -0.2) is 22.2 Å². The maximum Gasteiger partial charge on any atom is 0.273 e. The summed E-state index contributed by atoms with van der Waals surface area (Å²) in [6.45, 7) is -0.0430. The number of carbonyl (C=O) groups excluding carboxylic acids is 2. The van der Waals surface area contributed by atoms with Gasteiger partial charge in [-0.2, -0.15) is 9.40 Å². The maximum atomic E-state index is 13.7. The molecular formula is C24H20F2N6O4S. The number of imidazole rings is 1. The predicted molar refractivity (Wildman–Crippen MR) is 127 cm³/mol. The average Bonchev–Trinajstić information content (AvgIpc) is 3.54. The molecule has 190 valence electrons. The largest absolute Gasteiger partial charge is 0.341 e. The zero-order valence-corrected chi connectivity index (χ0v) is 20.0. The number of aromatic amines is 2. The standard InChI is InChI=1S/C24H20F2N6O4S/c25-14-7-15(26)9-16(8-14)37(35,36)32-6-5-20-18(12-32)21(31-30-20)10-23(33)17-3-1-2-4-19(17)29-24(34)22-11-27-13-28-22/h1-4,7-9,11,13H,5-6,10,12H2,(H,27,28)(H,29,34)(H,30,31). The Morgan fingerprint density at radius 2 is 1.86 bits per heavy atom. The third kappa shape index (κ3) is 4.90. The second-order valence-corrected chi connectivity index (χ2v) is 10.3. The molecule has 0 unspecified atom stereocenters. The first-order valence-electron chi connectivity index (χ1n) is 11.2. The Morgan fingerprint density at radius 3 is 2.59 bits per heavy atom. The topological polar surface area (TPSA) is 141 Å². The van der Waals surface area contributed by atoms with Crippen LogP contribution in [-0.4, -0.2) is 51.1 Å². The van der Waals surface area contributed by atoms with E-state index < -0.39 is 32.5 Å². The van der Waals surface area contributed by atoms with E-state index in [1.165, 1.54) is 12.5 Å². The van der Waals surface area contributed by atoms with Gasteiger partial charge >= 0.3 is 0 Å². The molecule has 2 aromatic heterocycles. The lowest BCUT2D eigenvalue weighted by Gasteiger charge is -2.26. The summed E-state index contributed by atoms with van der Waals surface area (Å²) >= 11 is 0. The third-order valence-corrected chi connectivity index (χ3v) is 7.83. The number of carbonyl (C=O) groups is 2. The summed E-state index contributed by atoms with van der Waals surface area (Å²) in [6.07, 6.45) is 2.84. The number of nitrogens with one attached hydrogen (secondary N) is 3. The van der Waals surface area contributed by atoms with Crippen LogP contribution in [0.25, 0.3) is 0 Å². The van der Waals surface area contributed by atoms with Crippen LogP contribution in [0, 0.1) is 11.6 Å². The minimum atomic E-state index is -4.20. The Bertz CT molecular complexity index is 1580. The molecule has 3 heterocycles.